The number of benzene rings is 5. The van der Waals surface area contributed by atoms with E-state index in [2.05, 4.69) is 154 Å². The van der Waals surface area contributed by atoms with Crippen molar-refractivity contribution in [1.29, 1.82) is 0 Å². The van der Waals surface area contributed by atoms with Crippen LogP contribution in [-0.4, -0.2) is 22.2 Å². The lowest BCUT2D eigenvalue weighted by Gasteiger charge is -2.30. The van der Waals surface area contributed by atoms with Gasteiger partial charge in [-0.15, -0.1) is 22.7 Å². The molecule has 0 spiro atoms. The second-order valence-electron chi connectivity index (χ2n) is 15.2. The number of nitrogens with zero attached hydrogens (tertiary/aromatic N) is 1. The Morgan fingerprint density at radius 2 is 0.964 bits per heavy atom. The maximum Gasteiger partial charge on any atom is 0.343 e. The third-order valence-corrected chi connectivity index (χ3v) is 13.6. The van der Waals surface area contributed by atoms with Gasteiger partial charge in [0.25, 0.3) is 0 Å². The highest BCUT2D eigenvalue weighted by molar-refractivity contribution is 7.24. The SMILES string of the molecule is CC1(C)c2ccccc2-c2ccc(N(c3ccc(-c4ccc(-c5ccc(C=C(C(=O)O)C(=O)O)s5)s4)cc3)c3ccc4c(c3)C(C)(C)c3ccccc3-4)cc21. The fraction of sp³-hybridized carbons (Fsp3) is 0.125. The number of thiophene rings is 2. The van der Waals surface area contributed by atoms with Crippen molar-refractivity contribution in [1.82, 2.24) is 0 Å². The minimum absolute atomic E-state index is 0.135. The quantitative estimate of drug-likeness (QED) is 0.0917. The third kappa shape index (κ3) is 5.65. The van der Waals surface area contributed by atoms with Gasteiger partial charge in [0.15, 0.2) is 0 Å². The Labute approximate surface area is 328 Å². The summed E-state index contributed by atoms with van der Waals surface area (Å²) in [7, 11) is 0. The van der Waals surface area contributed by atoms with Gasteiger partial charge in [-0.3, -0.25) is 0 Å². The highest BCUT2D eigenvalue weighted by Crippen LogP contribution is 2.53. The molecular weight excluding hydrogens is 719 g/mol. The van der Waals surface area contributed by atoms with Crippen molar-refractivity contribution < 1.29 is 19.8 Å². The van der Waals surface area contributed by atoms with Crippen LogP contribution in [0.5, 0.6) is 0 Å². The summed E-state index contributed by atoms with van der Waals surface area (Å²) in [5.41, 5.74) is 14.0. The van der Waals surface area contributed by atoms with Gasteiger partial charge in [-0.2, -0.15) is 0 Å². The van der Waals surface area contributed by atoms with E-state index >= 15 is 0 Å². The van der Waals surface area contributed by atoms with E-state index in [1.165, 1.54) is 61.9 Å². The van der Waals surface area contributed by atoms with E-state index in [0.29, 0.717) is 4.88 Å². The molecule has 0 fully saturated rings. The van der Waals surface area contributed by atoms with E-state index in [4.69, 9.17) is 0 Å². The molecule has 2 aromatic heterocycles. The van der Waals surface area contributed by atoms with Crippen LogP contribution >= 0.6 is 22.7 Å². The molecule has 2 aliphatic carbocycles. The molecule has 5 nitrogen and oxygen atoms in total. The Balaban J connectivity index is 1.10. The first-order valence-electron chi connectivity index (χ1n) is 18.2. The van der Waals surface area contributed by atoms with Crippen LogP contribution in [0.15, 0.2) is 139 Å². The van der Waals surface area contributed by atoms with Crippen LogP contribution in [0.1, 0.15) is 54.8 Å². The monoisotopic (exact) mass is 755 g/mol. The highest BCUT2D eigenvalue weighted by Gasteiger charge is 2.37. The summed E-state index contributed by atoms with van der Waals surface area (Å²) in [5.74, 6) is -2.92. The first-order chi connectivity index (χ1) is 26.4. The number of carbonyl (C=O) groups is 2. The molecule has 0 amide bonds. The summed E-state index contributed by atoms with van der Waals surface area (Å²) in [6.45, 7) is 9.29. The van der Waals surface area contributed by atoms with Gasteiger partial charge in [0.05, 0.1) is 0 Å². The molecule has 2 aliphatic rings. The Bertz CT molecular complexity index is 2610. The normalized spacial score (nSPS) is 14.0. The Hall–Kier alpha value is -6.02. The molecule has 0 aliphatic heterocycles. The number of fused-ring (bicyclic) bond motifs is 6. The average Bonchev–Trinajstić information content (AvgIpc) is 3.95. The minimum atomic E-state index is -1.46. The molecule has 0 atom stereocenters. The maximum atomic E-state index is 11.4. The van der Waals surface area contributed by atoms with Crippen molar-refractivity contribution in [2.75, 3.05) is 4.90 Å². The number of hydrogen-bond donors (Lipinski definition) is 2. The predicted octanol–water partition coefficient (Wildman–Crippen LogP) is 12.8. The lowest BCUT2D eigenvalue weighted by atomic mass is 9.82. The summed E-state index contributed by atoms with van der Waals surface area (Å²) in [4.78, 5) is 28.8. The van der Waals surface area contributed by atoms with Gasteiger partial charge in [-0.25, -0.2) is 9.59 Å². The molecule has 0 bridgehead atoms. The van der Waals surface area contributed by atoms with Crippen LogP contribution in [0, 0.1) is 0 Å². The van der Waals surface area contributed by atoms with Crippen molar-refractivity contribution in [2.24, 2.45) is 0 Å². The van der Waals surface area contributed by atoms with Crippen LogP contribution in [-0.2, 0) is 20.4 Å². The lowest BCUT2D eigenvalue weighted by Crippen LogP contribution is -2.18. The Morgan fingerprint density at radius 1 is 0.509 bits per heavy atom. The second-order valence-corrected chi connectivity index (χ2v) is 17.4. The molecule has 2 heterocycles. The average molecular weight is 756 g/mol. The fourth-order valence-corrected chi connectivity index (χ4v) is 10.5. The summed E-state index contributed by atoms with van der Waals surface area (Å²) >= 11 is 3.02. The molecule has 270 valence electrons. The molecule has 2 N–H and O–H groups in total. The van der Waals surface area contributed by atoms with E-state index in [1.54, 1.807) is 17.4 Å². The van der Waals surface area contributed by atoms with Crippen molar-refractivity contribution >= 4 is 57.8 Å². The molecule has 0 saturated carbocycles. The van der Waals surface area contributed by atoms with Gasteiger partial charge in [-0.05, 0) is 117 Å². The van der Waals surface area contributed by atoms with Gasteiger partial charge < -0.3 is 15.1 Å². The van der Waals surface area contributed by atoms with E-state index in [9.17, 15) is 19.8 Å². The molecule has 55 heavy (non-hydrogen) atoms. The second kappa shape index (κ2) is 12.8. The van der Waals surface area contributed by atoms with Crippen molar-refractivity contribution in [3.05, 3.63) is 166 Å². The Morgan fingerprint density at radius 3 is 1.51 bits per heavy atom. The van der Waals surface area contributed by atoms with E-state index in [1.807, 2.05) is 6.07 Å². The minimum Gasteiger partial charge on any atom is -0.477 e. The smallest absolute Gasteiger partial charge is 0.343 e. The van der Waals surface area contributed by atoms with Crippen LogP contribution in [0.4, 0.5) is 17.1 Å². The van der Waals surface area contributed by atoms with Gasteiger partial charge in [0.2, 0.25) is 0 Å². The van der Waals surface area contributed by atoms with Gasteiger partial charge in [0.1, 0.15) is 5.57 Å². The zero-order valence-corrected chi connectivity index (χ0v) is 32.4. The molecular formula is C48H37NO4S2. The van der Waals surface area contributed by atoms with Gasteiger partial charge in [0, 0.05) is 47.4 Å². The zero-order chi connectivity index (χ0) is 38.2. The van der Waals surface area contributed by atoms with Crippen LogP contribution < -0.4 is 4.90 Å². The highest BCUT2D eigenvalue weighted by atomic mass is 32.1. The molecule has 7 aromatic rings. The molecule has 5 aromatic carbocycles. The Kier molecular flexibility index (Phi) is 8.08. The molecule has 9 rings (SSSR count). The number of carboxylic acid groups (broad SMARTS) is 2. The van der Waals surface area contributed by atoms with E-state index in [-0.39, 0.29) is 10.8 Å². The standard InChI is InChI=1S/C48H37NO4S2/c1-47(2)38-11-7-5-9-33(38)35-20-17-30(25-40(35)47)49(31-18-21-36-34-10-6-8-12-39(34)48(3,4)41(36)26-31)29-15-13-28(14-16-29)42-23-24-44(55-42)43-22-19-32(54-43)27-37(45(50)51)46(52)53/h5-27H,1-4H3,(H,50,51)(H,52,53). The van der Waals surface area contributed by atoms with Crippen molar-refractivity contribution in [2.45, 2.75) is 38.5 Å². The van der Waals surface area contributed by atoms with E-state index in [0.717, 1.165) is 37.3 Å². The van der Waals surface area contributed by atoms with Crippen molar-refractivity contribution in [3.63, 3.8) is 0 Å². The van der Waals surface area contributed by atoms with Crippen LogP contribution in [0.3, 0.4) is 0 Å². The summed E-state index contributed by atoms with van der Waals surface area (Å²) in [6, 6.07) is 47.9. The summed E-state index contributed by atoms with van der Waals surface area (Å²) < 4.78 is 0. The first-order valence-corrected chi connectivity index (χ1v) is 19.8. The topological polar surface area (TPSA) is 77.8 Å². The molecule has 0 saturated heterocycles. The molecule has 7 heteroatoms. The third-order valence-electron chi connectivity index (χ3n) is 11.3. The van der Waals surface area contributed by atoms with Crippen LogP contribution in [0.2, 0.25) is 0 Å². The lowest BCUT2D eigenvalue weighted by molar-refractivity contribution is -0.140. The number of anilines is 3. The maximum absolute atomic E-state index is 11.4. The summed E-state index contributed by atoms with van der Waals surface area (Å²) in [6.07, 6.45) is 1.21. The predicted molar refractivity (Wildman–Crippen MR) is 226 cm³/mol. The first kappa shape index (κ1) is 34.7. The van der Waals surface area contributed by atoms with Crippen molar-refractivity contribution in [3.8, 4) is 42.4 Å². The number of rotatable bonds is 8. The number of aliphatic carboxylic acids is 2. The molecule has 0 unspecified atom stereocenters. The van der Waals surface area contributed by atoms with Crippen LogP contribution in [0.25, 0.3) is 48.5 Å². The van der Waals surface area contributed by atoms with Gasteiger partial charge in [-0.1, -0.05) is 100 Å². The van der Waals surface area contributed by atoms with Gasteiger partial charge >= 0.3 is 11.9 Å². The largest absolute Gasteiger partial charge is 0.477 e. The summed E-state index contributed by atoms with van der Waals surface area (Å²) in [5, 5.41) is 18.6. The molecule has 0 radical (unpaired) electrons. The number of hydrogen-bond acceptors (Lipinski definition) is 5. The zero-order valence-electron chi connectivity index (χ0n) is 30.8. The fourth-order valence-electron chi connectivity index (χ4n) is 8.43. The van der Waals surface area contributed by atoms with E-state index < -0.39 is 17.5 Å². The number of carboxylic acids is 2.